The van der Waals surface area contributed by atoms with Crippen molar-refractivity contribution in [2.45, 2.75) is 26.1 Å². The smallest absolute Gasteiger partial charge is 0.416 e. The van der Waals surface area contributed by atoms with Crippen molar-refractivity contribution in [1.29, 1.82) is 0 Å². The third kappa shape index (κ3) is 7.56. The molecule has 0 aliphatic rings. The average molecular weight is 602 g/mol. The minimum Gasteiger partial charge on any atom is -0.481 e. The number of hydrogen-bond acceptors (Lipinski definition) is 4. The van der Waals surface area contributed by atoms with E-state index in [9.17, 15) is 22.8 Å². The molecule has 3 aromatic carbocycles. The summed E-state index contributed by atoms with van der Waals surface area (Å²) in [4.78, 5) is 26.9. The van der Waals surface area contributed by atoms with Crippen molar-refractivity contribution in [1.82, 2.24) is 10.3 Å². The Bertz CT molecular complexity index is 1590. The van der Waals surface area contributed by atoms with Crippen LogP contribution in [0, 0.1) is 6.92 Å². The maximum absolute atomic E-state index is 13.5. The molecule has 0 bridgehead atoms. The molecule has 11 heteroatoms. The molecule has 0 fully saturated rings. The molecule has 3 N–H and O–H groups in total. The second-order valence-electron chi connectivity index (χ2n) is 9.21. The Hall–Kier alpha value is -4.08. The third-order valence-electron chi connectivity index (χ3n) is 6.30. The molecule has 0 radical (unpaired) electrons. The summed E-state index contributed by atoms with van der Waals surface area (Å²) in [5.41, 5.74) is 3.80. The Labute approximate surface area is 244 Å². The van der Waals surface area contributed by atoms with Crippen LogP contribution in [0.25, 0.3) is 22.3 Å². The molecule has 0 aliphatic carbocycles. The average Bonchev–Trinajstić information content (AvgIpc) is 2.91. The van der Waals surface area contributed by atoms with Gasteiger partial charge in [0, 0.05) is 41.1 Å². The molecular weight excluding hydrogens is 578 g/mol. The van der Waals surface area contributed by atoms with Gasteiger partial charge in [-0.1, -0.05) is 47.5 Å². The number of nitrogens with zero attached hydrogens (tertiary/aromatic N) is 1. The molecule has 4 aromatic rings. The summed E-state index contributed by atoms with van der Waals surface area (Å²) in [5, 5.41) is 15.5. The molecule has 212 valence electrons. The lowest BCUT2D eigenvalue weighted by Crippen LogP contribution is -2.26. The van der Waals surface area contributed by atoms with Gasteiger partial charge in [-0.3, -0.25) is 14.6 Å². The van der Waals surface area contributed by atoms with E-state index >= 15 is 0 Å². The van der Waals surface area contributed by atoms with E-state index in [0.717, 1.165) is 28.8 Å². The number of halogens is 5. The number of carboxylic acids is 1. The van der Waals surface area contributed by atoms with Crippen LogP contribution < -0.4 is 10.6 Å². The number of benzene rings is 3. The number of pyridine rings is 1. The molecule has 0 saturated heterocycles. The van der Waals surface area contributed by atoms with Crippen molar-refractivity contribution in [2.24, 2.45) is 0 Å². The topological polar surface area (TPSA) is 91.3 Å². The highest BCUT2D eigenvalue weighted by Crippen LogP contribution is 2.36. The summed E-state index contributed by atoms with van der Waals surface area (Å²) < 4.78 is 40.6. The van der Waals surface area contributed by atoms with Crippen LogP contribution in [0.1, 0.15) is 33.6 Å². The van der Waals surface area contributed by atoms with Crippen LogP contribution in [-0.4, -0.2) is 28.5 Å². The second-order valence-corrected chi connectivity index (χ2v) is 10.1. The molecule has 0 unspecified atom stereocenters. The van der Waals surface area contributed by atoms with E-state index in [0.29, 0.717) is 26.9 Å². The second kappa shape index (κ2) is 12.6. The van der Waals surface area contributed by atoms with Crippen molar-refractivity contribution in [3.05, 3.63) is 105 Å². The Morgan fingerprint density at radius 2 is 1.68 bits per heavy atom. The number of carboxylic acid groups (broad SMARTS) is 1. The van der Waals surface area contributed by atoms with Gasteiger partial charge in [0.2, 0.25) is 0 Å². The van der Waals surface area contributed by atoms with Gasteiger partial charge in [-0.05, 0) is 71.6 Å². The molecular formula is C30H24Cl2F3N3O3. The van der Waals surface area contributed by atoms with Crippen LogP contribution >= 0.6 is 23.2 Å². The standard InChI is InChI=1S/C30H24Cl2F3N3O3/c1-17-12-21(31)5-7-23(17)24-8-6-22(14-26(24)32)37-15-18-2-4-20(30(33,34)35)13-25(18)19-3-9-27(38-16-19)29(41)36-11-10-28(39)40/h2-9,12-14,16,37H,10-11,15H2,1H3,(H,36,41)(H,39,40). The highest BCUT2D eigenvalue weighted by Gasteiger charge is 2.31. The maximum atomic E-state index is 13.5. The van der Waals surface area contributed by atoms with Gasteiger partial charge >= 0.3 is 12.1 Å². The molecule has 0 saturated carbocycles. The lowest BCUT2D eigenvalue weighted by Gasteiger charge is -2.16. The first kappa shape index (κ1) is 29.9. The van der Waals surface area contributed by atoms with Crippen molar-refractivity contribution < 1.29 is 27.9 Å². The number of nitrogens with one attached hydrogen (secondary N) is 2. The fourth-order valence-corrected chi connectivity index (χ4v) is 4.72. The number of alkyl halides is 3. The van der Waals surface area contributed by atoms with Gasteiger partial charge in [0.25, 0.3) is 5.91 Å². The van der Waals surface area contributed by atoms with E-state index in [1.54, 1.807) is 12.1 Å². The molecule has 1 aromatic heterocycles. The molecule has 0 aliphatic heterocycles. The van der Waals surface area contributed by atoms with Gasteiger partial charge in [-0.25, -0.2) is 0 Å². The summed E-state index contributed by atoms with van der Waals surface area (Å²) in [7, 11) is 0. The third-order valence-corrected chi connectivity index (χ3v) is 6.85. The number of hydrogen-bond donors (Lipinski definition) is 3. The zero-order valence-corrected chi connectivity index (χ0v) is 23.2. The van der Waals surface area contributed by atoms with Crippen molar-refractivity contribution in [3.8, 4) is 22.3 Å². The molecule has 1 heterocycles. The van der Waals surface area contributed by atoms with Crippen LogP contribution in [0.4, 0.5) is 18.9 Å². The predicted molar refractivity (Wildman–Crippen MR) is 153 cm³/mol. The normalized spacial score (nSPS) is 11.3. The number of anilines is 1. The number of aryl methyl sites for hydroxylation is 1. The molecule has 41 heavy (non-hydrogen) atoms. The summed E-state index contributed by atoms with van der Waals surface area (Å²) in [6.45, 7) is 2.04. The van der Waals surface area contributed by atoms with Gasteiger partial charge < -0.3 is 15.7 Å². The fourth-order valence-electron chi connectivity index (χ4n) is 4.21. The Morgan fingerprint density at radius 3 is 2.32 bits per heavy atom. The highest BCUT2D eigenvalue weighted by atomic mass is 35.5. The lowest BCUT2D eigenvalue weighted by molar-refractivity contribution is -0.138. The molecule has 4 rings (SSSR count). The summed E-state index contributed by atoms with van der Waals surface area (Å²) in [6, 6.07) is 17.3. The zero-order chi connectivity index (χ0) is 29.7. The largest absolute Gasteiger partial charge is 0.481 e. The predicted octanol–water partition coefficient (Wildman–Crippen LogP) is 7.87. The molecule has 1 amide bonds. The first-order chi connectivity index (χ1) is 19.4. The van der Waals surface area contributed by atoms with Gasteiger partial charge in [-0.15, -0.1) is 0 Å². The van der Waals surface area contributed by atoms with Crippen LogP contribution in [-0.2, 0) is 17.5 Å². The zero-order valence-electron chi connectivity index (χ0n) is 21.7. The first-order valence-corrected chi connectivity index (χ1v) is 13.1. The summed E-state index contributed by atoms with van der Waals surface area (Å²) in [6.07, 6.45) is -3.49. The Morgan fingerprint density at radius 1 is 0.927 bits per heavy atom. The quantitative estimate of drug-likeness (QED) is 0.181. The van der Waals surface area contributed by atoms with Crippen molar-refractivity contribution in [3.63, 3.8) is 0 Å². The van der Waals surface area contributed by atoms with E-state index in [1.165, 1.54) is 24.4 Å². The van der Waals surface area contributed by atoms with E-state index in [1.807, 2.05) is 31.2 Å². The van der Waals surface area contributed by atoms with Gasteiger partial charge in [0.15, 0.2) is 0 Å². The number of carbonyl (C=O) groups excluding carboxylic acids is 1. The van der Waals surface area contributed by atoms with E-state index in [4.69, 9.17) is 28.3 Å². The number of aromatic nitrogens is 1. The Kier molecular flexibility index (Phi) is 9.20. The van der Waals surface area contributed by atoms with Gasteiger partial charge in [0.05, 0.1) is 17.0 Å². The summed E-state index contributed by atoms with van der Waals surface area (Å²) in [5.74, 6) is -1.65. The fraction of sp³-hybridized carbons (Fsp3) is 0.167. The minimum absolute atomic E-state index is 0.0106. The monoisotopic (exact) mass is 601 g/mol. The number of amides is 1. The SMILES string of the molecule is Cc1cc(Cl)ccc1-c1ccc(NCc2ccc(C(F)(F)F)cc2-c2ccc(C(=O)NCCC(=O)O)nc2)cc1Cl. The Balaban J connectivity index is 1.57. The van der Waals surface area contributed by atoms with Gasteiger partial charge in [-0.2, -0.15) is 13.2 Å². The minimum atomic E-state index is -4.55. The highest BCUT2D eigenvalue weighted by molar-refractivity contribution is 6.34. The molecule has 6 nitrogen and oxygen atoms in total. The van der Waals surface area contributed by atoms with E-state index < -0.39 is 23.6 Å². The lowest BCUT2D eigenvalue weighted by atomic mass is 9.97. The van der Waals surface area contributed by atoms with Crippen LogP contribution in [0.5, 0.6) is 0 Å². The first-order valence-electron chi connectivity index (χ1n) is 12.4. The van der Waals surface area contributed by atoms with Crippen LogP contribution in [0.3, 0.4) is 0 Å². The van der Waals surface area contributed by atoms with E-state index in [-0.39, 0.29) is 30.8 Å². The molecule has 0 atom stereocenters. The van der Waals surface area contributed by atoms with Crippen LogP contribution in [0.15, 0.2) is 72.9 Å². The van der Waals surface area contributed by atoms with Gasteiger partial charge in [0.1, 0.15) is 5.69 Å². The maximum Gasteiger partial charge on any atom is 0.416 e. The number of rotatable bonds is 9. The van der Waals surface area contributed by atoms with Crippen molar-refractivity contribution in [2.75, 3.05) is 11.9 Å². The number of aliphatic carboxylic acids is 1. The van der Waals surface area contributed by atoms with Crippen LogP contribution in [0.2, 0.25) is 10.0 Å². The summed E-state index contributed by atoms with van der Waals surface area (Å²) >= 11 is 12.6. The number of carbonyl (C=O) groups is 2. The van der Waals surface area contributed by atoms with E-state index in [2.05, 4.69) is 15.6 Å². The molecule has 0 spiro atoms. The van der Waals surface area contributed by atoms with Crippen molar-refractivity contribution >= 4 is 40.8 Å².